The van der Waals surface area contributed by atoms with Crippen molar-refractivity contribution in [2.24, 2.45) is 0 Å². The van der Waals surface area contributed by atoms with Crippen LogP contribution < -0.4 is 4.31 Å². The first kappa shape index (κ1) is 21.7. The van der Waals surface area contributed by atoms with E-state index < -0.39 is 16.0 Å². The molecule has 0 bridgehead atoms. The molecule has 0 amide bonds. The molecule has 0 atom stereocenters. The van der Waals surface area contributed by atoms with Gasteiger partial charge in [-0.25, -0.2) is 13.2 Å². The molecule has 1 fully saturated rings. The van der Waals surface area contributed by atoms with Crippen molar-refractivity contribution in [2.45, 2.75) is 4.58 Å². The highest BCUT2D eigenvalue weighted by Gasteiger charge is 2.19. The number of carbonyl (C=O) groups excluding carboxylic acids is 2. The lowest BCUT2D eigenvalue weighted by atomic mass is 10.1. The number of carbonyl (C=O) groups is 2. The maximum absolute atomic E-state index is 12.3. The van der Waals surface area contributed by atoms with Crippen LogP contribution in [0.25, 0.3) is 0 Å². The normalized spacial score (nSPS) is 14.6. The van der Waals surface area contributed by atoms with E-state index in [2.05, 4.69) is 0 Å². The number of Topliss-reactive ketones (excluding diaryl/α,β-unsaturated/α-hetero) is 1. The van der Waals surface area contributed by atoms with Gasteiger partial charge < -0.3 is 4.74 Å². The number of benzene rings is 2. The van der Waals surface area contributed by atoms with E-state index in [0.29, 0.717) is 21.4 Å². The highest BCUT2D eigenvalue weighted by molar-refractivity contribution is 8.19. The summed E-state index contributed by atoms with van der Waals surface area (Å²) in [5.41, 5.74) is 2.36. The van der Waals surface area contributed by atoms with Crippen LogP contribution in [0, 0.1) is 0 Å². The number of hydrogen-bond acceptors (Lipinski definition) is 7. The van der Waals surface area contributed by atoms with Crippen LogP contribution in [0.4, 0.5) is 5.69 Å². The van der Waals surface area contributed by atoms with Gasteiger partial charge in [-0.05, 0) is 42.0 Å². The maximum atomic E-state index is 12.3. The van der Waals surface area contributed by atoms with Gasteiger partial charge in [-0.3, -0.25) is 9.10 Å². The smallest absolute Gasteiger partial charge is 0.338 e. The second kappa shape index (κ2) is 9.23. The van der Waals surface area contributed by atoms with Crippen molar-refractivity contribution < 1.29 is 22.7 Å². The number of hydrogen-bond donors (Lipinski definition) is 0. The third-order valence-electron chi connectivity index (χ3n) is 4.43. The van der Waals surface area contributed by atoms with Crippen LogP contribution in [-0.2, 0) is 14.8 Å². The Labute approximate surface area is 179 Å². The Morgan fingerprint density at radius 3 is 2.10 bits per heavy atom. The Morgan fingerprint density at radius 1 is 1.00 bits per heavy atom. The molecule has 9 heteroatoms. The number of sulfonamides is 1. The fourth-order valence-corrected chi connectivity index (χ4v) is 6.04. The molecule has 0 N–H and O–H groups in total. The fourth-order valence-electron chi connectivity index (χ4n) is 2.67. The lowest BCUT2D eigenvalue weighted by Gasteiger charge is -2.16. The number of ketones is 1. The zero-order chi connectivity index (χ0) is 21.0. The van der Waals surface area contributed by atoms with Crippen molar-refractivity contribution in [3.8, 4) is 0 Å². The van der Waals surface area contributed by atoms with Crippen molar-refractivity contribution in [1.82, 2.24) is 0 Å². The molecule has 0 aliphatic carbocycles. The first-order chi connectivity index (χ1) is 13.8. The molecule has 1 heterocycles. The average Bonchev–Trinajstić information content (AvgIpc) is 3.25. The summed E-state index contributed by atoms with van der Waals surface area (Å²) in [6.45, 7) is -0.379. The topological polar surface area (TPSA) is 80.8 Å². The summed E-state index contributed by atoms with van der Waals surface area (Å²) in [6, 6.07) is 13.4. The number of rotatable bonds is 7. The van der Waals surface area contributed by atoms with E-state index in [0.717, 1.165) is 22.1 Å². The molecule has 2 aromatic rings. The summed E-state index contributed by atoms with van der Waals surface area (Å²) in [7, 11) is -1.94. The van der Waals surface area contributed by atoms with Crippen molar-refractivity contribution in [3.63, 3.8) is 0 Å². The fraction of sp³-hybridized carbons (Fsp3) is 0.300. The molecule has 0 radical (unpaired) electrons. The monoisotopic (exact) mass is 451 g/mol. The van der Waals surface area contributed by atoms with Gasteiger partial charge in [-0.1, -0.05) is 12.1 Å². The Kier molecular flexibility index (Phi) is 6.92. The van der Waals surface area contributed by atoms with Gasteiger partial charge in [0.15, 0.2) is 12.4 Å². The second-order valence-electron chi connectivity index (χ2n) is 6.47. The van der Waals surface area contributed by atoms with Crippen LogP contribution in [0.5, 0.6) is 0 Å². The Hall–Kier alpha value is -1.97. The number of ether oxygens (including phenoxy) is 1. The van der Waals surface area contributed by atoms with E-state index in [-0.39, 0.29) is 12.4 Å². The number of esters is 1. The van der Waals surface area contributed by atoms with Crippen LogP contribution in [0.1, 0.15) is 30.9 Å². The van der Waals surface area contributed by atoms with Gasteiger partial charge in [0.25, 0.3) is 0 Å². The molecule has 0 aromatic heterocycles. The first-order valence-electron chi connectivity index (χ1n) is 8.83. The molecule has 0 spiro atoms. The predicted molar refractivity (Wildman–Crippen MR) is 118 cm³/mol. The van der Waals surface area contributed by atoms with E-state index >= 15 is 0 Å². The molecular weight excluding hydrogens is 430 g/mol. The average molecular weight is 452 g/mol. The maximum Gasteiger partial charge on any atom is 0.338 e. The Bertz CT molecular complexity index is 982. The summed E-state index contributed by atoms with van der Waals surface area (Å²) < 4.78 is 29.8. The lowest BCUT2D eigenvalue weighted by molar-refractivity contribution is 0.0474. The quantitative estimate of drug-likeness (QED) is 0.470. The van der Waals surface area contributed by atoms with Crippen LogP contribution >= 0.6 is 23.5 Å². The summed E-state index contributed by atoms with van der Waals surface area (Å²) in [4.78, 5) is 24.5. The van der Waals surface area contributed by atoms with Crippen LogP contribution in [0.2, 0.25) is 0 Å². The summed E-state index contributed by atoms with van der Waals surface area (Å²) in [5.74, 6) is 1.35. The van der Waals surface area contributed by atoms with Crippen molar-refractivity contribution in [1.29, 1.82) is 0 Å². The van der Waals surface area contributed by atoms with E-state index in [1.165, 1.54) is 36.9 Å². The molecule has 29 heavy (non-hydrogen) atoms. The Balaban J connectivity index is 1.56. The molecule has 3 rings (SSSR count). The minimum Gasteiger partial charge on any atom is -0.454 e. The molecule has 154 valence electrons. The summed E-state index contributed by atoms with van der Waals surface area (Å²) >= 11 is 3.78. The molecule has 6 nitrogen and oxygen atoms in total. The molecule has 2 aromatic carbocycles. The molecule has 1 aliphatic heterocycles. The minimum atomic E-state index is -3.37. The van der Waals surface area contributed by atoms with Crippen LogP contribution in [0.15, 0.2) is 48.5 Å². The third-order valence-corrected chi connectivity index (χ3v) is 8.74. The summed E-state index contributed by atoms with van der Waals surface area (Å²) in [5, 5.41) is 0. The second-order valence-corrected chi connectivity index (χ2v) is 11.2. The zero-order valence-corrected chi connectivity index (χ0v) is 18.5. The van der Waals surface area contributed by atoms with Crippen molar-refractivity contribution >= 4 is 51.0 Å². The van der Waals surface area contributed by atoms with Gasteiger partial charge in [0, 0.05) is 24.1 Å². The van der Waals surface area contributed by atoms with Gasteiger partial charge in [0.05, 0.1) is 22.1 Å². The molecule has 0 saturated carbocycles. The summed E-state index contributed by atoms with van der Waals surface area (Å²) in [6.07, 6.45) is 1.10. The number of nitrogens with zero attached hydrogens (tertiary/aromatic N) is 1. The van der Waals surface area contributed by atoms with E-state index in [1.54, 1.807) is 12.1 Å². The van der Waals surface area contributed by atoms with E-state index in [4.69, 9.17) is 4.74 Å². The Morgan fingerprint density at radius 2 is 1.55 bits per heavy atom. The van der Waals surface area contributed by atoms with Gasteiger partial charge in [0.1, 0.15) is 0 Å². The third kappa shape index (κ3) is 5.55. The van der Waals surface area contributed by atoms with Crippen molar-refractivity contribution in [3.05, 3.63) is 65.2 Å². The van der Waals surface area contributed by atoms with Crippen LogP contribution in [0.3, 0.4) is 0 Å². The van der Waals surface area contributed by atoms with E-state index in [9.17, 15) is 18.0 Å². The van der Waals surface area contributed by atoms with Gasteiger partial charge >= 0.3 is 5.97 Å². The van der Waals surface area contributed by atoms with Gasteiger partial charge in [-0.15, -0.1) is 23.5 Å². The predicted octanol–water partition coefficient (Wildman–Crippen LogP) is 3.60. The molecular formula is C20H21NO5S3. The van der Waals surface area contributed by atoms with Gasteiger partial charge in [0.2, 0.25) is 10.0 Å². The zero-order valence-electron chi connectivity index (χ0n) is 16.0. The lowest BCUT2D eigenvalue weighted by Crippen LogP contribution is -2.24. The van der Waals surface area contributed by atoms with E-state index in [1.807, 2.05) is 35.7 Å². The van der Waals surface area contributed by atoms with Crippen LogP contribution in [-0.4, -0.2) is 51.6 Å². The van der Waals surface area contributed by atoms with Crippen molar-refractivity contribution in [2.75, 3.05) is 35.7 Å². The highest BCUT2D eigenvalue weighted by atomic mass is 32.2. The van der Waals surface area contributed by atoms with Gasteiger partial charge in [-0.2, -0.15) is 0 Å². The largest absolute Gasteiger partial charge is 0.454 e. The molecule has 1 saturated heterocycles. The molecule has 0 unspecified atom stereocenters. The number of anilines is 1. The SMILES string of the molecule is CN(c1ccc(C(=O)COC(=O)c2ccc(C3SCCS3)cc2)cc1)S(C)(=O)=O. The highest BCUT2D eigenvalue weighted by Crippen LogP contribution is 2.45. The number of thioether (sulfide) groups is 2. The molecule has 1 aliphatic rings. The first-order valence-corrected chi connectivity index (χ1v) is 12.8. The minimum absolute atomic E-state index is 0.342. The standard InChI is InChI=1S/C20H21NO5S3/c1-21(29(2,24)25)17-9-7-14(8-10-17)18(22)13-26-19(23)15-3-5-16(6-4-15)20-27-11-12-28-20/h3-10,20H,11-13H2,1-2H3.